The molecule has 0 unspecified atom stereocenters. The van der Waals surface area contributed by atoms with Gasteiger partial charge in [0.25, 0.3) is 0 Å². The lowest BCUT2D eigenvalue weighted by Gasteiger charge is -2.37. The maximum atomic E-state index is 12.6. The Morgan fingerprint density at radius 3 is 2.65 bits per heavy atom. The van der Waals surface area contributed by atoms with Gasteiger partial charge in [-0.3, -0.25) is 4.90 Å². The largest absolute Gasteiger partial charge is 0.408 e. The first-order valence-electron chi connectivity index (χ1n) is 8.18. The lowest BCUT2D eigenvalue weighted by Crippen LogP contribution is -2.42. The zero-order chi connectivity index (χ0) is 16.4. The molecule has 6 nitrogen and oxygen atoms in total. The van der Waals surface area contributed by atoms with Crippen molar-refractivity contribution in [2.45, 2.75) is 69.9 Å². The summed E-state index contributed by atoms with van der Waals surface area (Å²) in [6, 6.07) is 0.210. The zero-order valence-corrected chi connectivity index (χ0v) is 12.9. The molecule has 3 atom stereocenters. The van der Waals surface area contributed by atoms with Crippen LogP contribution in [0.3, 0.4) is 0 Å². The summed E-state index contributed by atoms with van der Waals surface area (Å²) in [5.41, 5.74) is 0. The second kappa shape index (κ2) is 6.72. The first kappa shape index (κ1) is 16.6. The Balaban J connectivity index is 1.68. The van der Waals surface area contributed by atoms with E-state index in [1.165, 1.54) is 0 Å². The number of aliphatic hydroxyl groups is 1. The average molecular weight is 333 g/mol. The van der Waals surface area contributed by atoms with Gasteiger partial charge in [-0.25, -0.2) is 4.68 Å². The van der Waals surface area contributed by atoms with Gasteiger partial charge in [0, 0.05) is 12.0 Å². The summed E-state index contributed by atoms with van der Waals surface area (Å²) in [7, 11) is 0. The van der Waals surface area contributed by atoms with Crippen LogP contribution in [0.5, 0.6) is 0 Å². The SMILES string of the molecule is O[C@@H]1CCCC[C@H]1[C@H]1CCCN1Cc1nnnn1CC(F)(F)F. The maximum absolute atomic E-state index is 12.6. The topological polar surface area (TPSA) is 67.1 Å². The molecule has 1 aromatic rings. The number of aliphatic hydroxyl groups excluding tert-OH is 1. The zero-order valence-electron chi connectivity index (χ0n) is 12.9. The normalized spacial score (nSPS) is 30.0. The number of alkyl halides is 3. The van der Waals surface area contributed by atoms with Crippen molar-refractivity contribution >= 4 is 0 Å². The Labute approximate surface area is 132 Å². The van der Waals surface area contributed by atoms with Gasteiger partial charge in [0.05, 0.1) is 12.6 Å². The van der Waals surface area contributed by atoms with Crippen LogP contribution in [-0.4, -0.2) is 55.1 Å². The molecule has 1 saturated carbocycles. The molecule has 3 rings (SSSR count). The van der Waals surface area contributed by atoms with Crippen molar-refractivity contribution < 1.29 is 18.3 Å². The summed E-state index contributed by atoms with van der Waals surface area (Å²) in [4.78, 5) is 2.14. The van der Waals surface area contributed by atoms with E-state index in [0.717, 1.165) is 49.8 Å². The van der Waals surface area contributed by atoms with E-state index in [2.05, 4.69) is 20.4 Å². The van der Waals surface area contributed by atoms with Crippen molar-refractivity contribution in [3.8, 4) is 0 Å². The maximum Gasteiger partial charge on any atom is 0.408 e. The fraction of sp³-hybridized carbons (Fsp3) is 0.929. The third kappa shape index (κ3) is 4.00. The molecule has 1 N–H and O–H groups in total. The average Bonchev–Trinajstić information content (AvgIpc) is 3.09. The summed E-state index contributed by atoms with van der Waals surface area (Å²) in [6.45, 7) is -0.0520. The molecule has 1 aromatic heterocycles. The van der Waals surface area contributed by atoms with Crippen molar-refractivity contribution in [3.05, 3.63) is 5.82 Å². The van der Waals surface area contributed by atoms with Gasteiger partial charge in [0.1, 0.15) is 6.54 Å². The van der Waals surface area contributed by atoms with Crippen LogP contribution in [0.2, 0.25) is 0 Å². The Kier molecular flexibility index (Phi) is 4.86. The van der Waals surface area contributed by atoms with E-state index in [1.807, 2.05) is 0 Å². The van der Waals surface area contributed by atoms with Gasteiger partial charge in [-0.15, -0.1) is 5.10 Å². The number of nitrogens with zero attached hydrogens (tertiary/aromatic N) is 5. The highest BCUT2D eigenvalue weighted by molar-refractivity contribution is 4.93. The van der Waals surface area contributed by atoms with Crippen molar-refractivity contribution in [2.75, 3.05) is 6.54 Å². The minimum absolute atomic E-state index is 0.207. The van der Waals surface area contributed by atoms with Crippen LogP contribution in [0.4, 0.5) is 13.2 Å². The molecule has 0 spiro atoms. The molecule has 1 aliphatic carbocycles. The van der Waals surface area contributed by atoms with Crippen LogP contribution >= 0.6 is 0 Å². The van der Waals surface area contributed by atoms with E-state index in [-0.39, 0.29) is 23.9 Å². The quantitative estimate of drug-likeness (QED) is 0.909. The molecular formula is C14H22F3N5O. The summed E-state index contributed by atoms with van der Waals surface area (Å²) < 4.78 is 38.5. The molecule has 0 radical (unpaired) electrons. The third-order valence-electron chi connectivity index (χ3n) is 4.97. The third-order valence-corrected chi connectivity index (χ3v) is 4.97. The number of likely N-dealkylation sites (tertiary alicyclic amines) is 1. The fourth-order valence-electron chi connectivity index (χ4n) is 3.93. The van der Waals surface area contributed by atoms with Crippen LogP contribution in [0.1, 0.15) is 44.3 Å². The lowest BCUT2D eigenvalue weighted by atomic mass is 9.80. The van der Waals surface area contributed by atoms with Gasteiger partial charge >= 0.3 is 6.18 Å². The summed E-state index contributed by atoms with van der Waals surface area (Å²) >= 11 is 0. The molecule has 2 aliphatic rings. The highest BCUT2D eigenvalue weighted by Gasteiger charge is 2.38. The number of hydrogen-bond donors (Lipinski definition) is 1. The van der Waals surface area contributed by atoms with Crippen molar-refractivity contribution in [1.82, 2.24) is 25.1 Å². The number of aromatic nitrogens is 4. The molecule has 0 bridgehead atoms. The Morgan fingerprint density at radius 1 is 1.13 bits per heavy atom. The minimum atomic E-state index is -4.34. The molecule has 2 fully saturated rings. The standard InChI is InChI=1S/C14H22F3N5O/c15-14(16,17)9-22-13(18-19-20-22)8-21-7-3-5-11(21)10-4-1-2-6-12(10)23/h10-12,23H,1-9H2/t10-,11+,12+/m0/s1. The molecule has 23 heavy (non-hydrogen) atoms. The molecule has 0 aromatic carbocycles. The van der Waals surface area contributed by atoms with Crippen LogP contribution in [0.15, 0.2) is 0 Å². The van der Waals surface area contributed by atoms with Crippen molar-refractivity contribution in [3.63, 3.8) is 0 Å². The van der Waals surface area contributed by atoms with E-state index in [4.69, 9.17) is 0 Å². The number of halogens is 3. The van der Waals surface area contributed by atoms with E-state index in [0.29, 0.717) is 6.54 Å². The lowest BCUT2D eigenvalue weighted by molar-refractivity contribution is -0.143. The van der Waals surface area contributed by atoms with Gasteiger partial charge in [0.2, 0.25) is 0 Å². The van der Waals surface area contributed by atoms with E-state index in [9.17, 15) is 18.3 Å². The number of tetrazole rings is 1. The van der Waals surface area contributed by atoms with Gasteiger partial charge in [-0.1, -0.05) is 12.8 Å². The molecule has 0 amide bonds. The smallest absolute Gasteiger partial charge is 0.393 e. The second-order valence-corrected chi connectivity index (χ2v) is 6.56. The van der Waals surface area contributed by atoms with Crippen molar-refractivity contribution in [1.29, 1.82) is 0 Å². The van der Waals surface area contributed by atoms with Gasteiger partial charge in [-0.2, -0.15) is 13.2 Å². The van der Waals surface area contributed by atoms with E-state index >= 15 is 0 Å². The highest BCUT2D eigenvalue weighted by Crippen LogP contribution is 2.35. The summed E-state index contributed by atoms with van der Waals surface area (Å²) in [6.07, 6.45) is 1.29. The van der Waals surface area contributed by atoms with Crippen LogP contribution in [-0.2, 0) is 13.1 Å². The van der Waals surface area contributed by atoms with E-state index < -0.39 is 12.7 Å². The molecule has 130 valence electrons. The molecule has 9 heteroatoms. The highest BCUT2D eigenvalue weighted by atomic mass is 19.4. The Hall–Kier alpha value is -1.22. The fourth-order valence-corrected chi connectivity index (χ4v) is 3.93. The molecule has 1 aliphatic heterocycles. The van der Waals surface area contributed by atoms with Gasteiger partial charge < -0.3 is 5.11 Å². The van der Waals surface area contributed by atoms with Crippen molar-refractivity contribution in [2.24, 2.45) is 5.92 Å². The van der Waals surface area contributed by atoms with Gasteiger partial charge in [-0.05, 0) is 42.7 Å². The summed E-state index contributed by atoms with van der Waals surface area (Å²) in [5, 5.41) is 20.9. The predicted octanol–water partition coefficient (Wildman–Crippen LogP) is 1.75. The number of hydrogen-bond acceptors (Lipinski definition) is 5. The van der Waals surface area contributed by atoms with Gasteiger partial charge in [0.15, 0.2) is 5.82 Å². The first-order chi connectivity index (χ1) is 10.9. The number of rotatable bonds is 4. The molecule has 1 saturated heterocycles. The Bertz CT molecular complexity index is 521. The predicted molar refractivity (Wildman–Crippen MR) is 75.3 cm³/mol. The first-order valence-corrected chi connectivity index (χ1v) is 8.18. The van der Waals surface area contributed by atoms with Crippen LogP contribution in [0.25, 0.3) is 0 Å². The van der Waals surface area contributed by atoms with Crippen LogP contribution < -0.4 is 0 Å². The monoisotopic (exact) mass is 333 g/mol. The minimum Gasteiger partial charge on any atom is -0.393 e. The molecular weight excluding hydrogens is 311 g/mol. The van der Waals surface area contributed by atoms with Crippen LogP contribution in [0, 0.1) is 5.92 Å². The summed E-state index contributed by atoms with van der Waals surface area (Å²) in [5.74, 6) is 0.442. The second-order valence-electron chi connectivity index (χ2n) is 6.56. The molecule has 2 heterocycles. The Morgan fingerprint density at radius 2 is 1.91 bits per heavy atom. The van der Waals surface area contributed by atoms with E-state index in [1.54, 1.807) is 0 Å².